The number of methoxy groups -OCH3 is 2. The summed E-state index contributed by atoms with van der Waals surface area (Å²) in [5.74, 6) is 0.599. The van der Waals surface area contributed by atoms with Crippen molar-refractivity contribution >= 4 is 41.0 Å². The molecule has 0 fully saturated rings. The summed E-state index contributed by atoms with van der Waals surface area (Å²) in [5, 5.41) is 3.80. The number of halogens is 2. The maximum Gasteiger partial charge on any atom is 0.256 e. The van der Waals surface area contributed by atoms with Crippen LogP contribution in [0.4, 0.5) is 5.95 Å². The molecule has 202 valence electrons. The second-order valence-corrected chi connectivity index (χ2v) is 9.76. The Labute approximate surface area is 237 Å². The molecule has 0 aliphatic heterocycles. The van der Waals surface area contributed by atoms with Crippen molar-refractivity contribution in [1.29, 1.82) is 0 Å². The fraction of sp³-hybridized carbons (Fsp3) is 0.207. The Morgan fingerprint density at radius 2 is 1.67 bits per heavy atom. The van der Waals surface area contributed by atoms with E-state index in [0.717, 1.165) is 5.56 Å². The third kappa shape index (κ3) is 6.35. The largest absolute Gasteiger partial charge is 0.493 e. The molecular formula is C29H28Cl2N4O4. The number of hydrogen-bond acceptors (Lipinski definition) is 5. The van der Waals surface area contributed by atoms with Gasteiger partial charge in [-0.25, -0.2) is 4.98 Å². The van der Waals surface area contributed by atoms with E-state index in [1.54, 1.807) is 73.5 Å². The minimum atomic E-state index is -0.418. The standard InChI is InChI=1S/C29H28Cl2N4O4/c1-18(2)34(28(37)22-7-5-6-8-23(22)31)17-27(36)33-29-32-24(19-9-11-20(30)12-10-19)16-35(29)21-13-14-25(38-3)26(15-21)39-4/h5-16,18H,17H2,1-4H3,(H,32,33,36). The maximum absolute atomic E-state index is 13.3. The Bertz CT molecular complexity index is 1490. The number of carbonyl (C=O) groups is 2. The SMILES string of the molecule is COc1ccc(-n2cc(-c3ccc(Cl)cc3)nc2NC(=O)CN(C(=O)c2ccccc2Cl)C(C)C)cc1OC. The van der Waals surface area contributed by atoms with Gasteiger partial charge in [-0.15, -0.1) is 0 Å². The highest BCUT2D eigenvalue weighted by molar-refractivity contribution is 6.33. The first-order valence-corrected chi connectivity index (χ1v) is 12.9. The van der Waals surface area contributed by atoms with E-state index in [4.69, 9.17) is 32.7 Å². The van der Waals surface area contributed by atoms with Gasteiger partial charge in [0.15, 0.2) is 11.5 Å². The molecule has 0 spiro atoms. The highest BCUT2D eigenvalue weighted by atomic mass is 35.5. The topological polar surface area (TPSA) is 85.7 Å². The highest BCUT2D eigenvalue weighted by Crippen LogP contribution is 2.32. The van der Waals surface area contributed by atoms with Crippen molar-refractivity contribution < 1.29 is 19.1 Å². The second-order valence-electron chi connectivity index (χ2n) is 8.92. The van der Waals surface area contributed by atoms with Crippen LogP contribution in [0.5, 0.6) is 11.5 Å². The average molecular weight is 567 g/mol. The summed E-state index contributed by atoms with van der Waals surface area (Å²) in [6, 6.07) is 19.1. The van der Waals surface area contributed by atoms with Crippen molar-refractivity contribution in [3.8, 4) is 28.4 Å². The zero-order valence-electron chi connectivity index (χ0n) is 21.9. The highest BCUT2D eigenvalue weighted by Gasteiger charge is 2.24. The molecule has 0 aliphatic rings. The number of hydrogen-bond donors (Lipinski definition) is 1. The average Bonchev–Trinajstić information content (AvgIpc) is 3.34. The van der Waals surface area contributed by atoms with Crippen LogP contribution in [-0.2, 0) is 4.79 Å². The first kappa shape index (κ1) is 28.0. The Morgan fingerprint density at radius 3 is 2.31 bits per heavy atom. The maximum atomic E-state index is 13.3. The molecule has 39 heavy (non-hydrogen) atoms. The number of nitrogens with one attached hydrogen (secondary N) is 1. The van der Waals surface area contributed by atoms with Gasteiger partial charge in [-0.3, -0.25) is 19.5 Å². The number of anilines is 1. The molecule has 1 N–H and O–H groups in total. The number of amides is 2. The molecular weight excluding hydrogens is 539 g/mol. The summed E-state index contributed by atoms with van der Waals surface area (Å²) in [4.78, 5) is 32.7. The first-order chi connectivity index (χ1) is 18.7. The Kier molecular flexibility index (Phi) is 8.79. The summed E-state index contributed by atoms with van der Waals surface area (Å²) in [7, 11) is 3.11. The molecule has 10 heteroatoms. The fourth-order valence-electron chi connectivity index (χ4n) is 4.00. The van der Waals surface area contributed by atoms with Crippen LogP contribution >= 0.6 is 23.2 Å². The molecule has 0 saturated heterocycles. The molecule has 2 amide bonds. The fourth-order valence-corrected chi connectivity index (χ4v) is 4.34. The Hall–Kier alpha value is -4.01. The van der Waals surface area contributed by atoms with Crippen molar-refractivity contribution in [2.24, 2.45) is 0 Å². The van der Waals surface area contributed by atoms with Crippen LogP contribution < -0.4 is 14.8 Å². The predicted octanol–water partition coefficient (Wildman–Crippen LogP) is 6.35. The van der Waals surface area contributed by atoms with Gasteiger partial charge in [0.2, 0.25) is 11.9 Å². The van der Waals surface area contributed by atoms with E-state index in [-0.39, 0.29) is 24.4 Å². The van der Waals surface area contributed by atoms with Crippen LogP contribution in [-0.4, -0.2) is 53.1 Å². The monoisotopic (exact) mass is 566 g/mol. The van der Waals surface area contributed by atoms with E-state index in [1.165, 1.54) is 4.90 Å². The minimum Gasteiger partial charge on any atom is -0.493 e. The van der Waals surface area contributed by atoms with Crippen molar-refractivity contribution in [2.75, 3.05) is 26.1 Å². The van der Waals surface area contributed by atoms with Crippen LogP contribution in [0.25, 0.3) is 16.9 Å². The Balaban J connectivity index is 1.67. The number of aromatic nitrogens is 2. The lowest BCUT2D eigenvalue weighted by atomic mass is 10.1. The normalized spacial score (nSPS) is 10.8. The van der Waals surface area contributed by atoms with Crippen molar-refractivity contribution in [1.82, 2.24) is 14.5 Å². The van der Waals surface area contributed by atoms with Gasteiger partial charge >= 0.3 is 0 Å². The van der Waals surface area contributed by atoms with Crippen LogP contribution in [0.2, 0.25) is 10.0 Å². The predicted molar refractivity (Wildman–Crippen MR) is 153 cm³/mol. The summed E-state index contributed by atoms with van der Waals surface area (Å²) in [6.07, 6.45) is 1.80. The summed E-state index contributed by atoms with van der Waals surface area (Å²) < 4.78 is 12.6. The number of carbonyl (C=O) groups excluding carboxylic acids is 2. The first-order valence-electron chi connectivity index (χ1n) is 12.1. The van der Waals surface area contributed by atoms with E-state index in [1.807, 2.05) is 32.0 Å². The quantitative estimate of drug-likeness (QED) is 0.255. The van der Waals surface area contributed by atoms with Crippen molar-refractivity contribution in [2.45, 2.75) is 19.9 Å². The smallest absolute Gasteiger partial charge is 0.256 e. The molecule has 0 aliphatic carbocycles. The lowest BCUT2D eigenvalue weighted by Gasteiger charge is -2.26. The molecule has 8 nitrogen and oxygen atoms in total. The number of rotatable bonds is 9. The number of imidazole rings is 1. The second kappa shape index (κ2) is 12.2. The van der Waals surface area contributed by atoms with Gasteiger partial charge in [-0.05, 0) is 50.2 Å². The molecule has 0 saturated carbocycles. The molecule has 0 bridgehead atoms. The van der Waals surface area contributed by atoms with Gasteiger partial charge in [-0.1, -0.05) is 47.5 Å². The molecule has 0 unspecified atom stereocenters. The van der Waals surface area contributed by atoms with E-state index in [0.29, 0.717) is 38.5 Å². The van der Waals surface area contributed by atoms with E-state index in [2.05, 4.69) is 10.3 Å². The lowest BCUT2D eigenvalue weighted by molar-refractivity contribution is -0.117. The Morgan fingerprint density at radius 1 is 0.974 bits per heavy atom. The van der Waals surface area contributed by atoms with Crippen molar-refractivity contribution in [3.63, 3.8) is 0 Å². The molecule has 3 aromatic carbocycles. The molecule has 4 rings (SSSR count). The summed E-state index contributed by atoms with van der Waals surface area (Å²) in [6.45, 7) is 3.48. The third-order valence-corrected chi connectivity index (χ3v) is 6.63. The van der Waals surface area contributed by atoms with E-state index >= 15 is 0 Å². The zero-order chi connectivity index (χ0) is 28.1. The van der Waals surface area contributed by atoms with Gasteiger partial charge in [0.05, 0.1) is 36.2 Å². The van der Waals surface area contributed by atoms with E-state index < -0.39 is 5.91 Å². The van der Waals surface area contributed by atoms with Gasteiger partial charge in [-0.2, -0.15) is 0 Å². The molecule has 0 radical (unpaired) electrons. The zero-order valence-corrected chi connectivity index (χ0v) is 23.5. The number of ether oxygens (including phenoxy) is 2. The van der Waals surface area contributed by atoms with Gasteiger partial charge in [0.25, 0.3) is 5.91 Å². The summed E-state index contributed by atoms with van der Waals surface area (Å²) >= 11 is 12.3. The molecule has 4 aromatic rings. The minimum absolute atomic E-state index is 0.198. The van der Waals surface area contributed by atoms with Gasteiger partial charge < -0.3 is 14.4 Å². The molecule has 1 aromatic heterocycles. The lowest BCUT2D eigenvalue weighted by Crippen LogP contribution is -2.42. The van der Waals surface area contributed by atoms with Crippen LogP contribution in [0.1, 0.15) is 24.2 Å². The molecule has 0 atom stereocenters. The van der Waals surface area contributed by atoms with Crippen LogP contribution in [0, 0.1) is 0 Å². The van der Waals surface area contributed by atoms with E-state index in [9.17, 15) is 9.59 Å². The third-order valence-electron chi connectivity index (χ3n) is 6.04. The number of nitrogens with zero attached hydrogens (tertiary/aromatic N) is 3. The van der Waals surface area contributed by atoms with Crippen molar-refractivity contribution in [3.05, 3.63) is 88.5 Å². The molecule has 1 heterocycles. The number of benzene rings is 3. The van der Waals surface area contributed by atoms with Crippen LogP contribution in [0.15, 0.2) is 72.9 Å². The van der Waals surface area contributed by atoms with Crippen LogP contribution in [0.3, 0.4) is 0 Å². The van der Waals surface area contributed by atoms with Gasteiger partial charge in [0.1, 0.15) is 6.54 Å². The summed E-state index contributed by atoms with van der Waals surface area (Å²) in [5.41, 5.74) is 2.44. The van der Waals surface area contributed by atoms with Gasteiger partial charge in [0, 0.05) is 28.9 Å².